The second-order valence-electron chi connectivity index (χ2n) is 8.13. The molecule has 0 aliphatic carbocycles. The Hall–Kier alpha value is -2.67. The standard InChI is InChI=1S/C26H37FN2O4/c1-3-5-6-7-11-25(30)28(16-9-17-32-4-2)21-26(31)29(20-24-10-8-18-33-24)19-22-12-14-23(27)15-13-22/h8,10,12-15,18H,3-7,9,11,16-17,19-21H2,1-2H3. The Morgan fingerprint density at radius 3 is 2.39 bits per heavy atom. The Morgan fingerprint density at radius 2 is 1.73 bits per heavy atom. The van der Waals surface area contributed by atoms with Crippen LogP contribution in [0.4, 0.5) is 4.39 Å². The molecular formula is C26H37FN2O4. The zero-order valence-corrected chi connectivity index (χ0v) is 19.9. The third-order valence-corrected chi connectivity index (χ3v) is 5.41. The molecule has 0 saturated carbocycles. The number of furan rings is 1. The van der Waals surface area contributed by atoms with E-state index in [1.54, 1.807) is 34.3 Å². The van der Waals surface area contributed by atoms with Crippen molar-refractivity contribution < 1.29 is 23.1 Å². The minimum Gasteiger partial charge on any atom is -0.467 e. The van der Waals surface area contributed by atoms with Crippen molar-refractivity contribution in [2.75, 3.05) is 26.3 Å². The van der Waals surface area contributed by atoms with Crippen LogP contribution in [0.25, 0.3) is 0 Å². The van der Waals surface area contributed by atoms with E-state index >= 15 is 0 Å². The molecule has 0 bridgehead atoms. The Labute approximate surface area is 196 Å². The highest BCUT2D eigenvalue weighted by Crippen LogP contribution is 2.14. The lowest BCUT2D eigenvalue weighted by Gasteiger charge is -2.27. The van der Waals surface area contributed by atoms with E-state index in [2.05, 4.69) is 6.92 Å². The van der Waals surface area contributed by atoms with Crippen LogP contribution in [0.3, 0.4) is 0 Å². The van der Waals surface area contributed by atoms with E-state index in [0.717, 1.165) is 31.2 Å². The van der Waals surface area contributed by atoms with E-state index in [-0.39, 0.29) is 30.7 Å². The fraction of sp³-hybridized carbons (Fsp3) is 0.538. The molecular weight excluding hydrogens is 423 g/mol. The summed E-state index contributed by atoms with van der Waals surface area (Å²) >= 11 is 0. The van der Waals surface area contributed by atoms with E-state index < -0.39 is 0 Å². The first kappa shape index (κ1) is 26.6. The summed E-state index contributed by atoms with van der Waals surface area (Å²) in [5.41, 5.74) is 0.810. The highest BCUT2D eigenvalue weighted by atomic mass is 19.1. The van der Waals surface area contributed by atoms with Gasteiger partial charge in [0.05, 0.1) is 19.4 Å². The number of carbonyl (C=O) groups excluding carboxylic acids is 2. The van der Waals surface area contributed by atoms with Crippen molar-refractivity contribution in [1.29, 1.82) is 0 Å². The van der Waals surface area contributed by atoms with Gasteiger partial charge >= 0.3 is 0 Å². The summed E-state index contributed by atoms with van der Waals surface area (Å²) in [4.78, 5) is 29.5. The van der Waals surface area contributed by atoms with Gasteiger partial charge in [-0.25, -0.2) is 4.39 Å². The van der Waals surface area contributed by atoms with Crippen LogP contribution >= 0.6 is 0 Å². The van der Waals surface area contributed by atoms with Gasteiger partial charge in [0.25, 0.3) is 0 Å². The molecule has 2 amide bonds. The van der Waals surface area contributed by atoms with Crippen molar-refractivity contribution in [3.05, 3.63) is 59.8 Å². The first-order chi connectivity index (χ1) is 16.0. The molecule has 182 valence electrons. The largest absolute Gasteiger partial charge is 0.467 e. The number of unbranched alkanes of at least 4 members (excludes halogenated alkanes) is 3. The Bertz CT molecular complexity index is 808. The predicted octanol–water partition coefficient (Wildman–Crippen LogP) is 5.17. The van der Waals surface area contributed by atoms with E-state index in [1.165, 1.54) is 12.1 Å². The average Bonchev–Trinajstić information content (AvgIpc) is 3.32. The summed E-state index contributed by atoms with van der Waals surface area (Å²) in [6.45, 7) is 6.30. The molecule has 1 heterocycles. The van der Waals surface area contributed by atoms with E-state index in [0.29, 0.717) is 44.9 Å². The number of amides is 2. The zero-order valence-electron chi connectivity index (χ0n) is 19.9. The normalized spacial score (nSPS) is 10.9. The molecule has 2 rings (SSSR count). The van der Waals surface area contributed by atoms with Gasteiger partial charge in [-0.3, -0.25) is 9.59 Å². The van der Waals surface area contributed by atoms with Gasteiger partial charge in [0, 0.05) is 32.7 Å². The maximum Gasteiger partial charge on any atom is 0.242 e. The maximum atomic E-state index is 13.3. The summed E-state index contributed by atoms with van der Waals surface area (Å²) < 4.78 is 24.2. The molecule has 6 nitrogen and oxygen atoms in total. The van der Waals surface area contributed by atoms with Crippen molar-refractivity contribution in [3.8, 4) is 0 Å². The minimum atomic E-state index is -0.322. The van der Waals surface area contributed by atoms with Gasteiger partial charge in [-0.2, -0.15) is 0 Å². The number of rotatable bonds is 16. The van der Waals surface area contributed by atoms with E-state index in [1.807, 2.05) is 13.0 Å². The third kappa shape index (κ3) is 10.2. The topological polar surface area (TPSA) is 63.0 Å². The summed E-state index contributed by atoms with van der Waals surface area (Å²) in [5.74, 6) is 0.153. The molecule has 33 heavy (non-hydrogen) atoms. The maximum absolute atomic E-state index is 13.3. The summed E-state index contributed by atoms with van der Waals surface area (Å²) in [6, 6.07) is 9.67. The lowest BCUT2D eigenvalue weighted by molar-refractivity contribution is -0.141. The quantitative estimate of drug-likeness (QED) is 0.324. The van der Waals surface area contributed by atoms with E-state index in [4.69, 9.17) is 9.15 Å². The van der Waals surface area contributed by atoms with Crippen LogP contribution in [-0.2, 0) is 27.4 Å². The fourth-order valence-electron chi connectivity index (χ4n) is 3.55. The Kier molecular flexibility index (Phi) is 12.3. The molecule has 0 saturated heterocycles. The smallest absolute Gasteiger partial charge is 0.242 e. The van der Waals surface area contributed by atoms with Crippen molar-refractivity contribution in [3.63, 3.8) is 0 Å². The highest BCUT2D eigenvalue weighted by Gasteiger charge is 2.22. The molecule has 0 radical (unpaired) electrons. The van der Waals surface area contributed by atoms with Gasteiger partial charge in [-0.1, -0.05) is 38.3 Å². The second kappa shape index (κ2) is 15.2. The number of carbonyl (C=O) groups is 2. The summed E-state index contributed by atoms with van der Waals surface area (Å²) in [6.07, 6.45) is 6.74. The summed E-state index contributed by atoms with van der Waals surface area (Å²) in [5, 5.41) is 0. The van der Waals surface area contributed by atoms with Crippen LogP contribution in [0.2, 0.25) is 0 Å². The molecule has 7 heteroatoms. The van der Waals surface area contributed by atoms with Gasteiger partial charge in [-0.15, -0.1) is 0 Å². The molecule has 2 aromatic rings. The summed E-state index contributed by atoms with van der Waals surface area (Å²) in [7, 11) is 0. The minimum absolute atomic E-state index is 0.000634. The first-order valence-electron chi connectivity index (χ1n) is 11.9. The Balaban J connectivity index is 2.07. The van der Waals surface area contributed by atoms with Crippen LogP contribution in [0.15, 0.2) is 47.1 Å². The lowest BCUT2D eigenvalue weighted by atomic mass is 10.1. The second-order valence-corrected chi connectivity index (χ2v) is 8.13. The molecule has 1 aromatic carbocycles. The molecule has 0 atom stereocenters. The number of benzene rings is 1. The number of ether oxygens (including phenoxy) is 1. The van der Waals surface area contributed by atoms with Crippen molar-refractivity contribution in [2.45, 2.75) is 65.5 Å². The zero-order chi connectivity index (χ0) is 23.9. The molecule has 0 unspecified atom stereocenters. The fourth-order valence-corrected chi connectivity index (χ4v) is 3.55. The molecule has 1 aromatic heterocycles. The van der Waals surface area contributed by atoms with Gasteiger partial charge in [0.15, 0.2) is 0 Å². The number of hydrogen-bond acceptors (Lipinski definition) is 4. The third-order valence-electron chi connectivity index (χ3n) is 5.41. The lowest BCUT2D eigenvalue weighted by Crippen LogP contribution is -2.43. The van der Waals surface area contributed by atoms with Gasteiger partial charge in [0.2, 0.25) is 11.8 Å². The molecule has 0 spiro atoms. The Morgan fingerprint density at radius 1 is 0.939 bits per heavy atom. The number of hydrogen-bond donors (Lipinski definition) is 0. The van der Waals surface area contributed by atoms with Gasteiger partial charge < -0.3 is 19.0 Å². The average molecular weight is 461 g/mol. The van der Waals surface area contributed by atoms with Crippen LogP contribution in [-0.4, -0.2) is 47.9 Å². The van der Waals surface area contributed by atoms with Crippen LogP contribution in [0.1, 0.15) is 63.7 Å². The molecule has 0 aliphatic heterocycles. The number of halogens is 1. The predicted molar refractivity (Wildman–Crippen MR) is 126 cm³/mol. The molecule has 0 N–H and O–H groups in total. The van der Waals surface area contributed by atoms with Gasteiger partial charge in [0.1, 0.15) is 11.6 Å². The van der Waals surface area contributed by atoms with Gasteiger partial charge in [-0.05, 0) is 49.6 Å². The van der Waals surface area contributed by atoms with Crippen molar-refractivity contribution >= 4 is 11.8 Å². The van der Waals surface area contributed by atoms with E-state index in [9.17, 15) is 14.0 Å². The van der Waals surface area contributed by atoms with Crippen molar-refractivity contribution in [1.82, 2.24) is 9.80 Å². The van der Waals surface area contributed by atoms with Crippen LogP contribution in [0.5, 0.6) is 0 Å². The SMILES string of the molecule is CCCCCCC(=O)N(CCCOCC)CC(=O)N(Cc1ccc(F)cc1)Cc1ccco1. The number of nitrogens with zero attached hydrogens (tertiary/aromatic N) is 2. The van der Waals surface area contributed by atoms with Crippen LogP contribution in [0, 0.1) is 5.82 Å². The van der Waals surface area contributed by atoms with Crippen LogP contribution < -0.4 is 0 Å². The van der Waals surface area contributed by atoms with Crippen molar-refractivity contribution in [2.24, 2.45) is 0 Å². The molecule has 0 fully saturated rings. The highest BCUT2D eigenvalue weighted by molar-refractivity contribution is 5.84. The first-order valence-corrected chi connectivity index (χ1v) is 11.9. The molecule has 0 aliphatic rings. The monoisotopic (exact) mass is 460 g/mol.